The molecule has 1 aliphatic rings. The minimum Gasteiger partial charge on any atom is -0.379 e. The Balaban J connectivity index is 0.00000225. The first kappa shape index (κ1) is 20.0. The summed E-state index contributed by atoms with van der Waals surface area (Å²) in [4.78, 5) is 14.4. The first-order chi connectivity index (χ1) is 11.8. The van der Waals surface area contributed by atoms with E-state index in [4.69, 9.17) is 4.74 Å². The number of guanidine groups is 1. The first-order valence-electron chi connectivity index (χ1n) is 8.69. The van der Waals surface area contributed by atoms with E-state index >= 15 is 0 Å². The average molecular weight is 457 g/mol. The van der Waals surface area contributed by atoms with E-state index in [-0.39, 0.29) is 24.0 Å². The van der Waals surface area contributed by atoms with Crippen LogP contribution in [0.1, 0.15) is 18.7 Å². The summed E-state index contributed by atoms with van der Waals surface area (Å²) in [5.41, 5.74) is 2.10. The molecule has 2 N–H and O–H groups in total. The maximum Gasteiger partial charge on any atom is 0.193 e. The molecule has 6 nitrogen and oxygen atoms in total. The van der Waals surface area contributed by atoms with Crippen molar-refractivity contribution in [2.45, 2.75) is 19.3 Å². The summed E-state index contributed by atoms with van der Waals surface area (Å²) < 4.78 is 5.69. The predicted molar refractivity (Wildman–Crippen MR) is 113 cm³/mol. The van der Waals surface area contributed by atoms with E-state index in [0.717, 1.165) is 61.5 Å². The lowest BCUT2D eigenvalue weighted by atomic mass is 10.3. The number of rotatable bonds is 8. The van der Waals surface area contributed by atoms with Crippen LogP contribution in [0.15, 0.2) is 29.3 Å². The molecule has 1 saturated carbocycles. The van der Waals surface area contributed by atoms with Crippen molar-refractivity contribution in [1.82, 2.24) is 20.2 Å². The topological polar surface area (TPSA) is 65.5 Å². The van der Waals surface area contributed by atoms with Crippen molar-refractivity contribution in [3.05, 3.63) is 30.1 Å². The SMILES string of the molecule is CN=C(NCCc1nc2ccccc2[nH]1)N(C)CCOCC1CC1.I. The summed E-state index contributed by atoms with van der Waals surface area (Å²) in [5.74, 6) is 2.70. The Morgan fingerprint density at radius 1 is 1.40 bits per heavy atom. The number of para-hydroxylation sites is 2. The molecule has 2 aromatic rings. The standard InChI is InChI=1S/C18H27N5O.HI/c1-19-18(23(2)11-12-24-13-14-7-8-14)20-10-9-17-21-15-5-3-4-6-16(15)22-17;/h3-6,14H,7-13H2,1-2H3,(H,19,20)(H,21,22);1H. The number of halogens is 1. The van der Waals surface area contributed by atoms with Crippen LogP contribution in [0.4, 0.5) is 0 Å². The van der Waals surface area contributed by atoms with Gasteiger partial charge in [0, 0.05) is 40.2 Å². The van der Waals surface area contributed by atoms with Gasteiger partial charge in [-0.25, -0.2) is 4.98 Å². The smallest absolute Gasteiger partial charge is 0.193 e. The molecule has 0 atom stereocenters. The zero-order valence-electron chi connectivity index (χ0n) is 15.0. The number of likely N-dealkylation sites (N-methyl/N-ethyl adjacent to an activating group) is 1. The number of aromatic amines is 1. The number of aromatic nitrogens is 2. The lowest BCUT2D eigenvalue weighted by molar-refractivity contribution is 0.115. The van der Waals surface area contributed by atoms with Crippen LogP contribution < -0.4 is 5.32 Å². The van der Waals surface area contributed by atoms with E-state index in [1.165, 1.54) is 12.8 Å². The number of nitrogens with one attached hydrogen (secondary N) is 2. The number of hydrogen-bond donors (Lipinski definition) is 2. The van der Waals surface area contributed by atoms with E-state index in [2.05, 4.69) is 25.2 Å². The van der Waals surface area contributed by atoms with Crippen LogP contribution in [0.5, 0.6) is 0 Å². The molecule has 3 rings (SSSR count). The van der Waals surface area contributed by atoms with Crippen molar-refractivity contribution < 1.29 is 4.74 Å². The number of ether oxygens (including phenoxy) is 1. The molecular weight excluding hydrogens is 429 g/mol. The molecule has 1 aromatic heterocycles. The molecule has 7 heteroatoms. The normalized spacial score (nSPS) is 14.4. The maximum absolute atomic E-state index is 5.69. The molecule has 1 heterocycles. The zero-order valence-corrected chi connectivity index (χ0v) is 17.3. The Labute approximate surface area is 166 Å². The molecular formula is C18H28IN5O. The Morgan fingerprint density at radius 2 is 2.20 bits per heavy atom. The lowest BCUT2D eigenvalue weighted by Gasteiger charge is -2.21. The lowest BCUT2D eigenvalue weighted by Crippen LogP contribution is -2.41. The minimum absolute atomic E-state index is 0. The first-order valence-corrected chi connectivity index (χ1v) is 8.69. The second-order valence-electron chi connectivity index (χ2n) is 6.36. The van der Waals surface area contributed by atoms with E-state index < -0.39 is 0 Å². The number of benzene rings is 1. The van der Waals surface area contributed by atoms with Crippen molar-refractivity contribution in [1.29, 1.82) is 0 Å². The number of aliphatic imine (C=N–C) groups is 1. The fourth-order valence-electron chi connectivity index (χ4n) is 2.64. The molecule has 1 aromatic carbocycles. The summed E-state index contributed by atoms with van der Waals surface area (Å²) in [5, 5.41) is 3.38. The third kappa shape index (κ3) is 6.14. The van der Waals surface area contributed by atoms with Gasteiger partial charge in [0.25, 0.3) is 0 Å². The third-order valence-corrected chi connectivity index (χ3v) is 4.28. The zero-order chi connectivity index (χ0) is 16.8. The predicted octanol–water partition coefficient (Wildman–Crippen LogP) is 2.66. The molecule has 25 heavy (non-hydrogen) atoms. The average Bonchev–Trinajstić information content (AvgIpc) is 3.32. The van der Waals surface area contributed by atoms with Crippen LogP contribution in [-0.4, -0.2) is 61.2 Å². The molecule has 0 saturated heterocycles. The minimum atomic E-state index is 0. The van der Waals surface area contributed by atoms with Crippen LogP contribution in [-0.2, 0) is 11.2 Å². The van der Waals surface area contributed by atoms with Gasteiger partial charge in [0.15, 0.2) is 5.96 Å². The molecule has 1 fully saturated rings. The molecule has 1 aliphatic carbocycles. The molecule has 0 spiro atoms. The quantitative estimate of drug-likeness (QED) is 0.277. The van der Waals surface area contributed by atoms with Gasteiger partial charge in [-0.3, -0.25) is 4.99 Å². The number of fused-ring (bicyclic) bond motifs is 1. The van der Waals surface area contributed by atoms with E-state index in [0.29, 0.717) is 0 Å². The Bertz CT molecular complexity index is 650. The summed E-state index contributed by atoms with van der Waals surface area (Å²) in [6.45, 7) is 3.29. The van der Waals surface area contributed by atoms with Crippen LogP contribution >= 0.6 is 24.0 Å². The van der Waals surface area contributed by atoms with Crippen molar-refractivity contribution in [3.8, 4) is 0 Å². The van der Waals surface area contributed by atoms with Gasteiger partial charge in [-0.05, 0) is 30.9 Å². The molecule has 0 bridgehead atoms. The summed E-state index contributed by atoms with van der Waals surface area (Å²) >= 11 is 0. The molecule has 0 aliphatic heterocycles. The van der Waals surface area contributed by atoms with E-state index in [1.54, 1.807) is 0 Å². The van der Waals surface area contributed by atoms with E-state index in [1.807, 2.05) is 38.4 Å². The molecule has 138 valence electrons. The molecule has 0 radical (unpaired) electrons. The van der Waals surface area contributed by atoms with Crippen molar-refractivity contribution in [2.75, 3.05) is 40.4 Å². The number of H-pyrrole nitrogens is 1. The molecule has 0 unspecified atom stereocenters. The van der Waals surface area contributed by atoms with Gasteiger partial charge in [-0.15, -0.1) is 24.0 Å². The van der Waals surface area contributed by atoms with Crippen LogP contribution in [0.2, 0.25) is 0 Å². The van der Waals surface area contributed by atoms with Gasteiger partial charge in [0.2, 0.25) is 0 Å². The highest BCUT2D eigenvalue weighted by molar-refractivity contribution is 14.0. The van der Waals surface area contributed by atoms with Gasteiger partial charge < -0.3 is 19.9 Å². The summed E-state index contributed by atoms with van der Waals surface area (Å²) in [7, 11) is 3.85. The number of nitrogens with zero attached hydrogens (tertiary/aromatic N) is 3. The summed E-state index contributed by atoms with van der Waals surface area (Å²) in [6.07, 6.45) is 3.50. The van der Waals surface area contributed by atoms with Gasteiger partial charge in [-0.2, -0.15) is 0 Å². The van der Waals surface area contributed by atoms with E-state index in [9.17, 15) is 0 Å². The summed E-state index contributed by atoms with van der Waals surface area (Å²) in [6, 6.07) is 8.10. The fraction of sp³-hybridized carbons (Fsp3) is 0.556. The third-order valence-electron chi connectivity index (χ3n) is 4.28. The van der Waals surface area contributed by atoms with Gasteiger partial charge >= 0.3 is 0 Å². The van der Waals surface area contributed by atoms with Gasteiger partial charge in [-0.1, -0.05) is 12.1 Å². The molecule has 0 amide bonds. The van der Waals surface area contributed by atoms with Crippen LogP contribution in [0.25, 0.3) is 11.0 Å². The highest BCUT2D eigenvalue weighted by atomic mass is 127. The monoisotopic (exact) mass is 457 g/mol. The number of hydrogen-bond acceptors (Lipinski definition) is 3. The second-order valence-corrected chi connectivity index (χ2v) is 6.36. The van der Waals surface area contributed by atoms with Crippen molar-refractivity contribution >= 4 is 41.0 Å². The van der Waals surface area contributed by atoms with Crippen molar-refractivity contribution in [3.63, 3.8) is 0 Å². The van der Waals surface area contributed by atoms with Gasteiger partial charge in [0.05, 0.1) is 17.6 Å². The maximum atomic E-state index is 5.69. The Kier molecular flexibility index (Phi) is 7.95. The second kappa shape index (κ2) is 9.96. The fourth-order valence-corrected chi connectivity index (χ4v) is 2.64. The Morgan fingerprint density at radius 3 is 2.92 bits per heavy atom. The highest BCUT2D eigenvalue weighted by Gasteiger charge is 2.21. The van der Waals surface area contributed by atoms with Crippen LogP contribution in [0.3, 0.4) is 0 Å². The largest absolute Gasteiger partial charge is 0.379 e. The Hall–Kier alpha value is -1.35. The van der Waals surface area contributed by atoms with Gasteiger partial charge in [0.1, 0.15) is 5.82 Å². The van der Waals surface area contributed by atoms with Crippen molar-refractivity contribution in [2.24, 2.45) is 10.9 Å². The van der Waals surface area contributed by atoms with Crippen LogP contribution in [0, 0.1) is 5.92 Å². The highest BCUT2D eigenvalue weighted by Crippen LogP contribution is 2.28. The number of imidazole rings is 1.